The number of benzene rings is 1. The average molecular weight is 288 g/mol. The Labute approximate surface area is 149 Å². The molecular weight excluding hydrogens is 260 g/mol. The monoisotopic (exact) mass is 288 g/mol. The van der Waals surface area contributed by atoms with E-state index < -0.39 is 0 Å². The van der Waals surface area contributed by atoms with Gasteiger partial charge in [-0.3, -0.25) is 0 Å². The Morgan fingerprint density at radius 2 is 1.11 bits per heavy atom. The van der Waals surface area contributed by atoms with Gasteiger partial charge in [0.15, 0.2) is 0 Å². The van der Waals surface area contributed by atoms with Gasteiger partial charge < -0.3 is 12.0 Å². The topological polar surface area (TPSA) is 20.2 Å². The van der Waals surface area contributed by atoms with Crippen molar-refractivity contribution < 1.29 is 5.11 Å². The van der Waals surface area contributed by atoms with Crippen molar-refractivity contribution in [3.8, 4) is 5.75 Å². The molecule has 1 N–H and O–H groups in total. The van der Waals surface area contributed by atoms with Gasteiger partial charge in [-0.1, -0.05) is 52.7 Å². The molecule has 0 saturated heterocycles. The molecule has 2 heteroatoms. The molecule has 0 spiro atoms. The second-order valence-corrected chi connectivity index (χ2v) is 6.54. The minimum Gasteiger partial charge on any atom is -0.510 e. The van der Waals surface area contributed by atoms with Gasteiger partial charge in [0.2, 0.25) is 0 Å². The SMILES string of the molecule is [CH2-]C.[CH2-]c1cc(C(C)(C)C)c(O)c(C(C)(C)C)c1.[Ca+2]. The zero-order valence-electron chi connectivity index (χ0n) is 13.7. The molecule has 0 saturated carbocycles. The maximum Gasteiger partial charge on any atom is 2.00 e. The molecule has 0 fully saturated rings. The van der Waals surface area contributed by atoms with Crippen molar-refractivity contribution in [1.82, 2.24) is 0 Å². The Hall–Kier alpha value is 0.150. The second-order valence-electron chi connectivity index (χ2n) is 6.54. The van der Waals surface area contributed by atoms with Gasteiger partial charge in [-0.25, -0.2) is 0 Å². The molecule has 0 atom stereocenters. The van der Waals surface area contributed by atoms with E-state index in [1.54, 1.807) is 6.92 Å². The van der Waals surface area contributed by atoms with Crippen LogP contribution in [0, 0.1) is 13.8 Å². The Bertz CT molecular complexity index is 360. The van der Waals surface area contributed by atoms with Crippen LogP contribution in [0.2, 0.25) is 0 Å². The summed E-state index contributed by atoms with van der Waals surface area (Å²) in [5.41, 5.74) is 2.80. The first-order valence-electron chi connectivity index (χ1n) is 6.44. The molecule has 104 valence electrons. The molecule has 0 aliphatic rings. The fraction of sp³-hybridized carbons (Fsp3) is 0.529. The molecule has 0 radical (unpaired) electrons. The van der Waals surface area contributed by atoms with Crippen molar-refractivity contribution in [3.63, 3.8) is 0 Å². The van der Waals surface area contributed by atoms with E-state index in [4.69, 9.17) is 0 Å². The van der Waals surface area contributed by atoms with Crippen LogP contribution in [0.25, 0.3) is 0 Å². The van der Waals surface area contributed by atoms with Gasteiger partial charge >= 0.3 is 37.7 Å². The summed E-state index contributed by atoms with van der Waals surface area (Å²) in [4.78, 5) is 0. The summed E-state index contributed by atoms with van der Waals surface area (Å²) in [7, 11) is 0. The molecule has 19 heavy (non-hydrogen) atoms. The zero-order valence-corrected chi connectivity index (χ0v) is 15.9. The van der Waals surface area contributed by atoms with Crippen molar-refractivity contribution in [2.75, 3.05) is 0 Å². The van der Waals surface area contributed by atoms with Crippen molar-refractivity contribution in [1.29, 1.82) is 0 Å². The van der Waals surface area contributed by atoms with Gasteiger partial charge in [0.1, 0.15) is 0 Å². The molecule has 1 aromatic rings. The number of phenolic OH excluding ortho intramolecular Hbond substituents is 1. The summed E-state index contributed by atoms with van der Waals surface area (Å²) in [5, 5.41) is 10.4. The average Bonchev–Trinajstić information content (AvgIpc) is 2.21. The van der Waals surface area contributed by atoms with E-state index in [0.717, 1.165) is 16.7 Å². The zero-order chi connectivity index (χ0) is 14.7. The van der Waals surface area contributed by atoms with Crippen molar-refractivity contribution in [2.24, 2.45) is 0 Å². The summed E-state index contributed by atoms with van der Waals surface area (Å²) in [6, 6.07) is 3.95. The van der Waals surface area contributed by atoms with Crippen LogP contribution in [-0.2, 0) is 10.8 Å². The maximum absolute atomic E-state index is 10.4. The summed E-state index contributed by atoms with van der Waals surface area (Å²) in [6.07, 6.45) is 0. The van der Waals surface area contributed by atoms with Crippen molar-refractivity contribution in [2.45, 2.75) is 59.3 Å². The Morgan fingerprint density at radius 1 is 0.842 bits per heavy atom. The van der Waals surface area contributed by atoms with E-state index in [2.05, 4.69) is 55.4 Å². The normalized spacial score (nSPS) is 11.2. The van der Waals surface area contributed by atoms with Crippen LogP contribution in [0.15, 0.2) is 12.1 Å². The minimum absolute atomic E-state index is 0. The molecule has 0 amide bonds. The molecule has 0 heterocycles. The van der Waals surface area contributed by atoms with Crippen molar-refractivity contribution in [3.05, 3.63) is 42.7 Å². The molecule has 1 aromatic carbocycles. The quantitative estimate of drug-likeness (QED) is 0.545. The largest absolute Gasteiger partial charge is 2.00 e. The third kappa shape index (κ3) is 5.97. The van der Waals surface area contributed by atoms with E-state index >= 15 is 0 Å². The summed E-state index contributed by atoms with van der Waals surface area (Å²) >= 11 is 0. The van der Waals surface area contributed by atoms with E-state index in [0.29, 0.717) is 5.75 Å². The van der Waals surface area contributed by atoms with Gasteiger partial charge in [-0.15, -0.1) is 0 Å². The maximum atomic E-state index is 10.4. The number of phenols is 1. The first kappa shape index (κ1) is 21.4. The summed E-state index contributed by atoms with van der Waals surface area (Å²) in [6.45, 7) is 21.6. The number of hydrogen-bond acceptors (Lipinski definition) is 1. The molecule has 1 rings (SSSR count). The fourth-order valence-corrected chi connectivity index (χ4v) is 1.84. The number of rotatable bonds is 0. The third-order valence-electron chi connectivity index (χ3n) is 2.79. The van der Waals surface area contributed by atoms with Crippen LogP contribution in [0.5, 0.6) is 5.75 Å². The summed E-state index contributed by atoms with van der Waals surface area (Å²) in [5.74, 6) is 0.424. The molecule has 1 nitrogen and oxygen atoms in total. The third-order valence-corrected chi connectivity index (χ3v) is 2.79. The van der Waals surface area contributed by atoms with Crippen LogP contribution < -0.4 is 0 Å². The standard InChI is InChI=1S/C15H23O.C2H5.Ca/c1-10-8-11(14(2,3)4)13(16)12(9-10)15(5,6)7;1-2;/h8-9,16H,1H2,2-7H3;1H2,2H3;/q2*-1;+2. The molecule has 0 aliphatic carbocycles. The van der Waals surface area contributed by atoms with Crippen LogP contribution in [0.4, 0.5) is 0 Å². The predicted molar refractivity (Wildman–Crippen MR) is 86.8 cm³/mol. The first-order valence-corrected chi connectivity index (χ1v) is 6.44. The summed E-state index contributed by atoms with van der Waals surface area (Å²) < 4.78 is 0. The molecule has 0 bridgehead atoms. The van der Waals surface area contributed by atoms with Gasteiger partial charge in [0.25, 0.3) is 0 Å². The smallest absolute Gasteiger partial charge is 0.510 e. The molecule has 0 unspecified atom stereocenters. The van der Waals surface area contributed by atoms with E-state index in [1.807, 2.05) is 12.1 Å². The Morgan fingerprint density at radius 3 is 1.32 bits per heavy atom. The first-order chi connectivity index (χ1) is 8.03. The number of aromatic hydroxyl groups is 1. The number of hydrogen-bond donors (Lipinski definition) is 1. The van der Waals surface area contributed by atoms with Crippen molar-refractivity contribution >= 4 is 37.7 Å². The minimum atomic E-state index is -0.0578. The van der Waals surface area contributed by atoms with Crippen LogP contribution >= 0.6 is 0 Å². The van der Waals surface area contributed by atoms with Gasteiger partial charge in [-0.05, 0) is 10.8 Å². The Kier molecular flexibility index (Phi) is 8.81. The molecular formula is C17H28CaO. The molecule has 0 aliphatic heterocycles. The van der Waals surface area contributed by atoms with Gasteiger partial charge in [-0.2, -0.15) is 31.5 Å². The van der Waals surface area contributed by atoms with Gasteiger partial charge in [0, 0.05) is 0 Å². The second kappa shape index (κ2) is 7.81. The van der Waals surface area contributed by atoms with Crippen LogP contribution in [0.1, 0.15) is 65.2 Å². The van der Waals surface area contributed by atoms with Crippen LogP contribution in [-0.4, -0.2) is 42.8 Å². The van der Waals surface area contributed by atoms with E-state index in [9.17, 15) is 5.11 Å². The van der Waals surface area contributed by atoms with Gasteiger partial charge in [0.05, 0.1) is 5.75 Å². The fourth-order valence-electron chi connectivity index (χ4n) is 1.84. The molecule has 0 aromatic heterocycles. The predicted octanol–water partition coefficient (Wildman–Crippen LogP) is 4.63. The van der Waals surface area contributed by atoms with Crippen LogP contribution in [0.3, 0.4) is 0 Å². The van der Waals surface area contributed by atoms with E-state index in [1.165, 1.54) is 0 Å². The Balaban J connectivity index is 0. The van der Waals surface area contributed by atoms with E-state index in [-0.39, 0.29) is 48.6 Å².